The maximum Gasteiger partial charge on any atom is 0.358 e. The summed E-state index contributed by atoms with van der Waals surface area (Å²) in [5, 5.41) is 13.8. The lowest BCUT2D eigenvalue weighted by atomic mass is 10.2. The summed E-state index contributed by atoms with van der Waals surface area (Å²) in [4.78, 5) is 29.4. The van der Waals surface area contributed by atoms with Crippen LogP contribution in [0, 0.1) is 0 Å². The summed E-state index contributed by atoms with van der Waals surface area (Å²) >= 11 is 1.30. The van der Waals surface area contributed by atoms with Crippen LogP contribution in [0.1, 0.15) is 10.5 Å². The van der Waals surface area contributed by atoms with Crippen LogP contribution in [0.5, 0.6) is 0 Å². The smallest absolute Gasteiger partial charge is 0.358 e. The van der Waals surface area contributed by atoms with Crippen LogP contribution in [0.15, 0.2) is 84.5 Å². The third-order valence-corrected chi connectivity index (χ3v) is 5.94. The number of carbonyl (C=O) groups is 2. The van der Waals surface area contributed by atoms with Crippen molar-refractivity contribution in [2.24, 2.45) is 7.05 Å². The largest absolute Gasteiger partial charge is 0.451 e. The second kappa shape index (κ2) is 9.74. The van der Waals surface area contributed by atoms with Gasteiger partial charge in [0, 0.05) is 35.8 Å². The van der Waals surface area contributed by atoms with Gasteiger partial charge in [-0.2, -0.15) is 10.2 Å². The van der Waals surface area contributed by atoms with Crippen LogP contribution >= 0.6 is 11.3 Å². The van der Waals surface area contributed by atoms with Crippen LogP contribution in [0.25, 0.3) is 27.5 Å². The molecule has 3 heterocycles. The number of aromatic nitrogens is 5. The van der Waals surface area contributed by atoms with Gasteiger partial charge in [0.15, 0.2) is 12.3 Å². The Bertz CT molecular complexity index is 1470. The second-order valence-electron chi connectivity index (χ2n) is 7.59. The highest BCUT2D eigenvalue weighted by molar-refractivity contribution is 7.13. The minimum absolute atomic E-state index is 0.141. The van der Waals surface area contributed by atoms with E-state index in [1.165, 1.54) is 11.3 Å². The third-order valence-electron chi connectivity index (χ3n) is 5.05. The van der Waals surface area contributed by atoms with Crippen molar-refractivity contribution >= 4 is 29.0 Å². The Morgan fingerprint density at radius 3 is 2.49 bits per heavy atom. The number of ether oxygens (including phenoxy) is 1. The molecule has 0 saturated carbocycles. The Kier molecular flexibility index (Phi) is 6.18. The number of hydrogen-bond donors (Lipinski definition) is 1. The monoisotopic (exact) mass is 484 g/mol. The maximum atomic E-state index is 12.6. The molecule has 0 aliphatic rings. The van der Waals surface area contributed by atoms with Crippen LogP contribution < -0.4 is 5.32 Å². The molecule has 0 radical (unpaired) electrons. The third kappa shape index (κ3) is 5.02. The minimum atomic E-state index is -0.673. The first kappa shape index (κ1) is 22.2. The molecule has 0 saturated heterocycles. The molecule has 0 aliphatic heterocycles. The Morgan fingerprint density at radius 2 is 1.77 bits per heavy atom. The standard InChI is InChI=1S/C25H20N6O3S/c1-30-14-18(13-26-30)24-27-21(16-35-24)25(33)34-15-23(32)28-22-12-20(17-8-4-2-5-9-17)29-31(22)19-10-6-3-7-11-19/h2-14,16H,15H2,1H3,(H,28,32). The molecule has 2 aromatic carbocycles. The predicted molar refractivity (Wildman–Crippen MR) is 132 cm³/mol. The van der Waals surface area contributed by atoms with Gasteiger partial charge in [0.25, 0.3) is 5.91 Å². The number of nitrogens with zero attached hydrogens (tertiary/aromatic N) is 5. The first-order valence-electron chi connectivity index (χ1n) is 10.7. The highest BCUT2D eigenvalue weighted by Crippen LogP contribution is 2.25. The van der Waals surface area contributed by atoms with Crippen LogP contribution in [-0.2, 0) is 16.6 Å². The Hall–Kier alpha value is -4.57. The van der Waals surface area contributed by atoms with Gasteiger partial charge in [0.2, 0.25) is 0 Å². The number of aryl methyl sites for hydroxylation is 1. The Labute approximate surface area is 204 Å². The summed E-state index contributed by atoms with van der Waals surface area (Å²) in [6.45, 7) is -0.459. The molecule has 10 heteroatoms. The number of nitrogens with one attached hydrogen (secondary N) is 1. The summed E-state index contributed by atoms with van der Waals surface area (Å²) in [6.07, 6.45) is 3.47. The number of amides is 1. The number of anilines is 1. The van der Waals surface area contributed by atoms with Gasteiger partial charge in [-0.3, -0.25) is 9.48 Å². The van der Waals surface area contributed by atoms with E-state index in [2.05, 4.69) is 20.5 Å². The number of thiazole rings is 1. The van der Waals surface area contributed by atoms with E-state index in [9.17, 15) is 9.59 Å². The van der Waals surface area contributed by atoms with Gasteiger partial charge in [-0.25, -0.2) is 14.5 Å². The lowest BCUT2D eigenvalue weighted by Gasteiger charge is -2.09. The predicted octanol–water partition coefficient (Wildman–Crippen LogP) is 4.19. The summed E-state index contributed by atoms with van der Waals surface area (Å²) in [6, 6.07) is 20.9. The van der Waals surface area contributed by atoms with Crippen molar-refractivity contribution in [2.45, 2.75) is 0 Å². The molecule has 0 bridgehead atoms. The average molecular weight is 485 g/mol. The van der Waals surface area contributed by atoms with Crippen molar-refractivity contribution in [1.82, 2.24) is 24.5 Å². The van der Waals surface area contributed by atoms with Crippen molar-refractivity contribution in [3.8, 4) is 27.5 Å². The molecule has 174 valence electrons. The molecular formula is C25H20N6O3S. The van der Waals surface area contributed by atoms with E-state index in [0.717, 1.165) is 16.8 Å². The summed E-state index contributed by atoms with van der Waals surface area (Å²) in [5.41, 5.74) is 3.34. The molecule has 5 rings (SSSR count). The number of benzene rings is 2. The van der Waals surface area contributed by atoms with E-state index in [-0.39, 0.29) is 5.69 Å². The van der Waals surface area contributed by atoms with Crippen molar-refractivity contribution < 1.29 is 14.3 Å². The van der Waals surface area contributed by atoms with E-state index in [4.69, 9.17) is 4.74 Å². The van der Waals surface area contributed by atoms with E-state index < -0.39 is 18.5 Å². The molecule has 1 amide bonds. The van der Waals surface area contributed by atoms with Gasteiger partial charge in [0.1, 0.15) is 10.8 Å². The molecular weight excluding hydrogens is 464 g/mol. The fraction of sp³-hybridized carbons (Fsp3) is 0.0800. The van der Waals surface area contributed by atoms with Gasteiger partial charge < -0.3 is 10.1 Å². The first-order valence-corrected chi connectivity index (χ1v) is 11.6. The van der Waals surface area contributed by atoms with Gasteiger partial charge in [-0.1, -0.05) is 48.5 Å². The SMILES string of the molecule is Cn1cc(-c2nc(C(=O)OCC(=O)Nc3cc(-c4ccccc4)nn3-c3ccccc3)cs2)cn1. The normalized spacial score (nSPS) is 10.8. The molecule has 0 spiro atoms. The van der Waals surface area contributed by atoms with E-state index in [1.54, 1.807) is 40.3 Å². The second-order valence-corrected chi connectivity index (χ2v) is 8.45. The van der Waals surface area contributed by atoms with E-state index in [1.807, 2.05) is 60.7 Å². The summed E-state index contributed by atoms with van der Waals surface area (Å²) < 4.78 is 8.49. The van der Waals surface area contributed by atoms with E-state index >= 15 is 0 Å². The fourth-order valence-electron chi connectivity index (χ4n) is 3.40. The zero-order valence-corrected chi connectivity index (χ0v) is 19.5. The zero-order chi connectivity index (χ0) is 24.2. The Balaban J connectivity index is 1.28. The minimum Gasteiger partial charge on any atom is -0.451 e. The molecule has 5 aromatic rings. The van der Waals surface area contributed by atoms with Gasteiger partial charge >= 0.3 is 5.97 Å². The Morgan fingerprint density at radius 1 is 1.03 bits per heavy atom. The van der Waals surface area contributed by atoms with Crippen LogP contribution in [0.2, 0.25) is 0 Å². The van der Waals surface area contributed by atoms with Crippen LogP contribution in [0.4, 0.5) is 5.82 Å². The number of carbonyl (C=O) groups excluding carboxylic acids is 2. The van der Waals surface area contributed by atoms with Gasteiger partial charge in [0.05, 0.1) is 17.6 Å². The number of hydrogen-bond acceptors (Lipinski definition) is 7. The zero-order valence-electron chi connectivity index (χ0n) is 18.7. The lowest BCUT2D eigenvalue weighted by Crippen LogP contribution is -2.22. The van der Waals surface area contributed by atoms with Crippen LogP contribution in [-0.4, -0.2) is 43.0 Å². The van der Waals surface area contributed by atoms with Crippen molar-refractivity contribution in [3.05, 3.63) is 90.2 Å². The molecule has 1 N–H and O–H groups in total. The highest BCUT2D eigenvalue weighted by Gasteiger charge is 2.18. The lowest BCUT2D eigenvalue weighted by molar-refractivity contribution is -0.119. The average Bonchev–Trinajstić information content (AvgIpc) is 3.63. The summed E-state index contributed by atoms with van der Waals surface area (Å²) in [7, 11) is 1.80. The molecule has 0 aliphatic carbocycles. The van der Waals surface area contributed by atoms with E-state index in [0.29, 0.717) is 16.5 Å². The number of rotatable bonds is 7. The maximum absolute atomic E-state index is 12.6. The summed E-state index contributed by atoms with van der Waals surface area (Å²) in [5.74, 6) is -0.700. The quantitative estimate of drug-likeness (QED) is 0.348. The topological polar surface area (TPSA) is 104 Å². The number of para-hydroxylation sites is 1. The number of esters is 1. The molecule has 0 fully saturated rings. The van der Waals surface area contributed by atoms with Crippen LogP contribution in [0.3, 0.4) is 0 Å². The van der Waals surface area contributed by atoms with Crippen molar-refractivity contribution in [2.75, 3.05) is 11.9 Å². The highest BCUT2D eigenvalue weighted by atomic mass is 32.1. The van der Waals surface area contributed by atoms with Gasteiger partial charge in [-0.05, 0) is 12.1 Å². The van der Waals surface area contributed by atoms with Crippen molar-refractivity contribution in [1.29, 1.82) is 0 Å². The molecule has 35 heavy (non-hydrogen) atoms. The van der Waals surface area contributed by atoms with Gasteiger partial charge in [-0.15, -0.1) is 11.3 Å². The molecule has 0 unspecified atom stereocenters. The molecule has 3 aromatic heterocycles. The molecule has 9 nitrogen and oxygen atoms in total. The molecule has 0 atom stereocenters. The fourth-order valence-corrected chi connectivity index (χ4v) is 4.17. The first-order chi connectivity index (χ1) is 17.1. The van der Waals surface area contributed by atoms with Crippen molar-refractivity contribution in [3.63, 3.8) is 0 Å².